The van der Waals surface area contributed by atoms with Crippen LogP contribution < -0.4 is 10.1 Å². The largest absolute Gasteiger partial charge is 0.484 e. The molecule has 0 atom stereocenters. The number of hydrogen-bond donors (Lipinski definition) is 1. The monoisotopic (exact) mass is 510 g/mol. The van der Waals surface area contributed by atoms with E-state index in [1.807, 2.05) is 0 Å². The van der Waals surface area contributed by atoms with Crippen LogP contribution >= 0.6 is 46.4 Å². The molecule has 0 saturated heterocycles. The van der Waals surface area contributed by atoms with Crippen LogP contribution in [0.15, 0.2) is 59.3 Å². The van der Waals surface area contributed by atoms with Crippen LogP contribution in [-0.2, 0) is 13.2 Å². The van der Waals surface area contributed by atoms with Crippen molar-refractivity contribution in [3.8, 4) is 5.75 Å². The lowest BCUT2D eigenvalue weighted by Gasteiger charge is -2.06. The summed E-state index contributed by atoms with van der Waals surface area (Å²) >= 11 is 24.3. The number of amides is 1. The highest BCUT2D eigenvalue weighted by Crippen LogP contribution is 2.28. The molecule has 4 aromatic rings. The number of halogens is 4. The predicted molar refractivity (Wildman–Crippen MR) is 123 cm³/mol. The summed E-state index contributed by atoms with van der Waals surface area (Å²) in [5.41, 5.74) is 0.704. The van der Waals surface area contributed by atoms with Gasteiger partial charge in [0, 0.05) is 20.6 Å². The average Bonchev–Trinajstić information content (AvgIpc) is 3.40. The Kier molecular flexibility index (Phi) is 6.91. The van der Waals surface area contributed by atoms with Crippen LogP contribution in [0.3, 0.4) is 0 Å². The molecule has 2 aromatic heterocycles. The van der Waals surface area contributed by atoms with E-state index in [0.29, 0.717) is 43.7 Å². The summed E-state index contributed by atoms with van der Waals surface area (Å²) in [6.07, 6.45) is 1.46. The number of ether oxygens (including phenoxy) is 1. The topological polar surface area (TPSA) is 82.2 Å². The average molecular weight is 512 g/mol. The summed E-state index contributed by atoms with van der Waals surface area (Å²) in [4.78, 5) is 16.5. The van der Waals surface area contributed by atoms with Crippen LogP contribution in [-0.4, -0.2) is 20.7 Å². The van der Waals surface area contributed by atoms with Gasteiger partial charge in [0.1, 0.15) is 24.4 Å². The Morgan fingerprint density at radius 1 is 1.03 bits per heavy atom. The number of nitrogens with one attached hydrogen (secondary N) is 1. The molecular formula is C21H14Cl4N4O3. The molecule has 0 saturated carbocycles. The molecule has 0 aliphatic heterocycles. The molecule has 2 aromatic carbocycles. The normalized spacial score (nSPS) is 10.9. The van der Waals surface area contributed by atoms with Gasteiger partial charge in [-0.05, 0) is 42.5 Å². The van der Waals surface area contributed by atoms with E-state index in [1.54, 1.807) is 42.5 Å². The van der Waals surface area contributed by atoms with E-state index in [9.17, 15) is 4.79 Å². The molecule has 11 heteroatoms. The van der Waals surface area contributed by atoms with Crippen molar-refractivity contribution in [2.75, 3.05) is 5.32 Å². The van der Waals surface area contributed by atoms with Crippen molar-refractivity contribution >= 4 is 58.3 Å². The molecule has 1 amide bonds. The number of rotatable bonds is 7. The first-order valence-electron chi connectivity index (χ1n) is 9.19. The summed E-state index contributed by atoms with van der Waals surface area (Å²) in [6, 6.07) is 13.3. The maximum absolute atomic E-state index is 12.5. The van der Waals surface area contributed by atoms with Crippen LogP contribution in [0.5, 0.6) is 5.75 Å². The maximum atomic E-state index is 12.5. The van der Waals surface area contributed by atoms with Crippen LogP contribution in [0.4, 0.5) is 5.95 Å². The minimum atomic E-state index is -0.505. The van der Waals surface area contributed by atoms with Crippen molar-refractivity contribution < 1.29 is 13.9 Å². The van der Waals surface area contributed by atoms with E-state index >= 15 is 0 Å². The number of anilines is 1. The van der Waals surface area contributed by atoms with Gasteiger partial charge in [0.25, 0.3) is 5.91 Å². The number of benzene rings is 2. The zero-order chi connectivity index (χ0) is 22.7. The first kappa shape index (κ1) is 22.5. The van der Waals surface area contributed by atoms with Gasteiger partial charge in [0.2, 0.25) is 5.95 Å². The molecule has 0 fully saturated rings. The van der Waals surface area contributed by atoms with Crippen molar-refractivity contribution in [1.29, 1.82) is 0 Å². The maximum Gasteiger partial charge on any atom is 0.293 e. The highest BCUT2D eigenvalue weighted by molar-refractivity contribution is 6.36. The van der Waals surface area contributed by atoms with Crippen LogP contribution in [0.1, 0.15) is 21.9 Å². The summed E-state index contributed by atoms with van der Waals surface area (Å²) in [5.74, 6) is 0.575. The minimum Gasteiger partial charge on any atom is -0.484 e. The fourth-order valence-corrected chi connectivity index (χ4v) is 3.74. The zero-order valence-corrected chi connectivity index (χ0v) is 19.2. The summed E-state index contributed by atoms with van der Waals surface area (Å²) in [5, 5.41) is 8.71. The number of carbonyl (C=O) groups is 1. The fraction of sp³-hybridized carbons (Fsp3) is 0.0952. The standard InChI is InChI=1S/C21H14Cl4N4O3/c22-12-4-6-18(17(25)8-12)31-10-13-5-7-19(32-13)20(30)27-21-26-11-29(28-21)9-14-15(23)2-1-3-16(14)24/h1-8,11H,9-10H2,(H,27,28,30). The number of carbonyl (C=O) groups excluding carboxylic acids is 1. The van der Waals surface area contributed by atoms with Crippen LogP contribution in [0.25, 0.3) is 0 Å². The van der Waals surface area contributed by atoms with Gasteiger partial charge in [0.15, 0.2) is 5.76 Å². The zero-order valence-electron chi connectivity index (χ0n) is 16.2. The van der Waals surface area contributed by atoms with Crippen molar-refractivity contribution in [2.45, 2.75) is 13.2 Å². The quantitative estimate of drug-likeness (QED) is 0.312. The Morgan fingerprint density at radius 3 is 2.56 bits per heavy atom. The van der Waals surface area contributed by atoms with E-state index in [4.69, 9.17) is 55.6 Å². The molecule has 164 valence electrons. The van der Waals surface area contributed by atoms with Crippen LogP contribution in [0.2, 0.25) is 20.1 Å². The Hall–Kier alpha value is -2.71. The summed E-state index contributed by atoms with van der Waals surface area (Å²) < 4.78 is 12.7. The third-order valence-electron chi connectivity index (χ3n) is 4.29. The van der Waals surface area contributed by atoms with Gasteiger partial charge in [-0.25, -0.2) is 9.67 Å². The highest BCUT2D eigenvalue weighted by Gasteiger charge is 2.15. The van der Waals surface area contributed by atoms with Gasteiger partial charge in [0.05, 0.1) is 11.6 Å². The van der Waals surface area contributed by atoms with E-state index in [2.05, 4.69) is 15.4 Å². The molecule has 0 aliphatic carbocycles. The van der Waals surface area contributed by atoms with Gasteiger partial charge in [-0.3, -0.25) is 10.1 Å². The first-order chi connectivity index (χ1) is 15.4. The third-order valence-corrected chi connectivity index (χ3v) is 5.53. The van der Waals surface area contributed by atoms with E-state index in [1.165, 1.54) is 17.1 Å². The predicted octanol–water partition coefficient (Wildman–Crippen LogP) is 6.36. The Labute approximate surface area is 202 Å². The molecule has 0 bridgehead atoms. The minimum absolute atomic E-state index is 0.0799. The van der Waals surface area contributed by atoms with Gasteiger partial charge in [-0.15, -0.1) is 5.10 Å². The molecule has 2 heterocycles. The second-order valence-corrected chi connectivity index (χ2v) is 8.21. The Bertz CT molecular complexity index is 1250. The number of aromatic nitrogens is 3. The lowest BCUT2D eigenvalue weighted by Crippen LogP contribution is -2.12. The van der Waals surface area contributed by atoms with Gasteiger partial charge >= 0.3 is 0 Å². The lowest BCUT2D eigenvalue weighted by molar-refractivity contribution is 0.0991. The molecule has 7 nitrogen and oxygen atoms in total. The molecule has 0 unspecified atom stereocenters. The molecular weight excluding hydrogens is 498 g/mol. The Morgan fingerprint density at radius 2 is 1.81 bits per heavy atom. The van der Waals surface area contributed by atoms with E-state index in [-0.39, 0.29) is 18.3 Å². The van der Waals surface area contributed by atoms with Gasteiger partial charge < -0.3 is 9.15 Å². The molecule has 32 heavy (non-hydrogen) atoms. The summed E-state index contributed by atoms with van der Waals surface area (Å²) in [7, 11) is 0. The second kappa shape index (κ2) is 9.83. The highest BCUT2D eigenvalue weighted by atomic mass is 35.5. The fourth-order valence-electron chi connectivity index (χ4n) is 2.76. The lowest BCUT2D eigenvalue weighted by atomic mass is 10.2. The molecule has 1 N–H and O–H groups in total. The molecule has 0 spiro atoms. The second-order valence-electron chi connectivity index (χ2n) is 6.55. The van der Waals surface area contributed by atoms with Crippen molar-refractivity contribution in [3.63, 3.8) is 0 Å². The first-order valence-corrected chi connectivity index (χ1v) is 10.7. The van der Waals surface area contributed by atoms with Crippen molar-refractivity contribution in [2.24, 2.45) is 0 Å². The van der Waals surface area contributed by atoms with Crippen molar-refractivity contribution in [3.05, 3.63) is 92.0 Å². The smallest absolute Gasteiger partial charge is 0.293 e. The van der Waals surface area contributed by atoms with Crippen molar-refractivity contribution in [1.82, 2.24) is 14.8 Å². The third kappa shape index (κ3) is 5.37. The molecule has 4 rings (SSSR count). The van der Waals surface area contributed by atoms with Gasteiger partial charge in [-0.2, -0.15) is 0 Å². The van der Waals surface area contributed by atoms with E-state index < -0.39 is 5.91 Å². The van der Waals surface area contributed by atoms with Crippen LogP contribution in [0, 0.1) is 0 Å². The number of hydrogen-bond acceptors (Lipinski definition) is 5. The molecule has 0 aliphatic rings. The van der Waals surface area contributed by atoms with Gasteiger partial charge in [-0.1, -0.05) is 52.5 Å². The molecule has 0 radical (unpaired) electrons. The number of nitrogens with zero attached hydrogens (tertiary/aromatic N) is 3. The van der Waals surface area contributed by atoms with E-state index in [0.717, 1.165) is 0 Å². The SMILES string of the molecule is O=C(Nc1ncn(Cc2c(Cl)cccc2Cl)n1)c1ccc(COc2ccc(Cl)cc2Cl)o1. The number of furan rings is 1. The Balaban J connectivity index is 1.36. The summed E-state index contributed by atoms with van der Waals surface area (Å²) in [6.45, 7) is 0.386.